The molecule has 0 radical (unpaired) electrons. The zero-order valence-corrected chi connectivity index (χ0v) is 18.5. The number of nitrogens with one attached hydrogen (secondary N) is 1. The van der Waals surface area contributed by atoms with Crippen molar-refractivity contribution in [3.05, 3.63) is 65.4 Å². The van der Waals surface area contributed by atoms with Crippen LogP contribution >= 0.6 is 0 Å². The average Bonchev–Trinajstić information content (AvgIpc) is 3.43. The molecule has 1 fully saturated rings. The highest BCUT2D eigenvalue weighted by molar-refractivity contribution is 5.68. The quantitative estimate of drug-likeness (QED) is 0.500. The number of hydrogen-bond acceptors (Lipinski definition) is 6. The lowest BCUT2D eigenvalue weighted by atomic mass is 10.1. The number of rotatable bonds is 5. The second-order valence-corrected chi connectivity index (χ2v) is 8.26. The Labute approximate surface area is 190 Å². The molecule has 4 heterocycles. The van der Waals surface area contributed by atoms with Crippen molar-refractivity contribution in [3.8, 4) is 23.2 Å². The zero-order valence-electron chi connectivity index (χ0n) is 18.5. The standard InChI is InChI=1S/C24H24FN7O/c1-15-24(29-30-32(15)18-7-9-27-10-8-18)17-11-22-28-14-19(13-26)31(22)23(12-17)33-16(2)20-5-3-4-6-21(20)25/h3-6,11-12,14,16,18,27H,7-10H2,1-2H3/t16-/m1/s1. The molecule has 1 aromatic carbocycles. The largest absolute Gasteiger partial charge is 0.471 e. The molecule has 1 atom stereocenters. The summed E-state index contributed by atoms with van der Waals surface area (Å²) in [6, 6.07) is 12.6. The number of benzene rings is 1. The van der Waals surface area contributed by atoms with E-state index < -0.39 is 6.10 Å². The number of nitrogens with zero attached hydrogens (tertiary/aromatic N) is 6. The van der Waals surface area contributed by atoms with Gasteiger partial charge in [-0.1, -0.05) is 23.4 Å². The highest BCUT2D eigenvalue weighted by atomic mass is 19.1. The van der Waals surface area contributed by atoms with Crippen molar-refractivity contribution in [1.29, 1.82) is 5.26 Å². The van der Waals surface area contributed by atoms with Gasteiger partial charge in [0.2, 0.25) is 5.88 Å². The fraction of sp³-hybridized carbons (Fsp3) is 0.333. The summed E-state index contributed by atoms with van der Waals surface area (Å²) in [5, 5.41) is 21.8. The van der Waals surface area contributed by atoms with E-state index in [1.807, 2.05) is 23.7 Å². The number of nitriles is 1. The molecule has 0 spiro atoms. The molecule has 33 heavy (non-hydrogen) atoms. The first-order valence-corrected chi connectivity index (χ1v) is 11.0. The normalized spacial score (nSPS) is 15.5. The SMILES string of the molecule is Cc1c(-c2cc(O[C@H](C)c3ccccc3F)n3c(C#N)cnc3c2)nnn1C1CCNCC1. The highest BCUT2D eigenvalue weighted by Crippen LogP contribution is 2.32. The van der Waals surface area contributed by atoms with Gasteiger partial charge < -0.3 is 10.1 Å². The number of piperidine rings is 1. The molecule has 4 aromatic rings. The van der Waals surface area contributed by atoms with Crippen molar-refractivity contribution in [2.45, 2.75) is 38.8 Å². The predicted molar refractivity (Wildman–Crippen MR) is 120 cm³/mol. The fourth-order valence-electron chi connectivity index (χ4n) is 4.44. The van der Waals surface area contributed by atoms with Crippen LogP contribution in [0.25, 0.3) is 16.9 Å². The van der Waals surface area contributed by atoms with Gasteiger partial charge in [0.1, 0.15) is 35.0 Å². The molecule has 8 nitrogen and oxygen atoms in total. The maximum absolute atomic E-state index is 14.3. The van der Waals surface area contributed by atoms with Gasteiger partial charge in [-0.15, -0.1) is 5.10 Å². The first-order valence-electron chi connectivity index (χ1n) is 11.0. The van der Waals surface area contributed by atoms with Crippen LogP contribution in [0.4, 0.5) is 4.39 Å². The summed E-state index contributed by atoms with van der Waals surface area (Å²) in [7, 11) is 0. The summed E-state index contributed by atoms with van der Waals surface area (Å²) in [4.78, 5) is 4.38. The van der Waals surface area contributed by atoms with Crippen LogP contribution in [0.2, 0.25) is 0 Å². The molecule has 1 saturated heterocycles. The van der Waals surface area contributed by atoms with E-state index in [0.717, 1.165) is 42.9 Å². The molecule has 0 aliphatic carbocycles. The van der Waals surface area contributed by atoms with Crippen LogP contribution in [-0.2, 0) is 0 Å². The number of hydrogen-bond donors (Lipinski definition) is 1. The lowest BCUT2D eigenvalue weighted by Gasteiger charge is -2.23. The summed E-state index contributed by atoms with van der Waals surface area (Å²) in [6.07, 6.45) is 2.93. The highest BCUT2D eigenvalue weighted by Gasteiger charge is 2.23. The summed E-state index contributed by atoms with van der Waals surface area (Å²) < 4.78 is 24.2. The number of halogens is 1. The fourth-order valence-corrected chi connectivity index (χ4v) is 4.44. The molecule has 1 N–H and O–H groups in total. The van der Waals surface area contributed by atoms with Crippen molar-refractivity contribution in [2.24, 2.45) is 0 Å². The van der Waals surface area contributed by atoms with Crippen LogP contribution in [-0.4, -0.2) is 37.5 Å². The van der Waals surface area contributed by atoms with Gasteiger partial charge in [0, 0.05) is 17.2 Å². The summed E-state index contributed by atoms with van der Waals surface area (Å²) >= 11 is 0. The number of imidazole rings is 1. The minimum Gasteiger partial charge on any atom is -0.471 e. The van der Waals surface area contributed by atoms with Crippen LogP contribution in [0.15, 0.2) is 42.6 Å². The summed E-state index contributed by atoms with van der Waals surface area (Å²) in [6.45, 7) is 5.71. The smallest absolute Gasteiger partial charge is 0.201 e. The van der Waals surface area contributed by atoms with Crippen molar-refractivity contribution in [2.75, 3.05) is 13.1 Å². The van der Waals surface area contributed by atoms with Gasteiger partial charge in [-0.05, 0) is 51.9 Å². The van der Waals surface area contributed by atoms with Crippen LogP contribution in [0.1, 0.15) is 48.9 Å². The summed E-state index contributed by atoms with van der Waals surface area (Å²) in [5.41, 5.74) is 3.80. The first kappa shape index (κ1) is 21.1. The molecule has 0 saturated carbocycles. The molecule has 0 bridgehead atoms. The molecule has 5 rings (SSSR count). The average molecular weight is 446 g/mol. The Hall–Kier alpha value is -3.77. The minimum absolute atomic E-state index is 0.310. The topological polar surface area (TPSA) is 93.1 Å². The molecular weight excluding hydrogens is 421 g/mol. The molecule has 1 aliphatic heterocycles. The third-order valence-corrected chi connectivity index (χ3v) is 6.18. The number of ether oxygens (including phenoxy) is 1. The second kappa shape index (κ2) is 8.64. The molecule has 0 amide bonds. The van der Waals surface area contributed by atoms with E-state index in [9.17, 15) is 9.65 Å². The monoisotopic (exact) mass is 445 g/mol. The molecular formula is C24H24FN7O. The second-order valence-electron chi connectivity index (χ2n) is 8.26. The van der Waals surface area contributed by atoms with Crippen molar-refractivity contribution < 1.29 is 9.13 Å². The Bertz CT molecular complexity index is 1350. The van der Waals surface area contributed by atoms with E-state index in [0.29, 0.717) is 28.8 Å². The Balaban J connectivity index is 1.57. The molecule has 3 aromatic heterocycles. The lowest BCUT2D eigenvalue weighted by Crippen LogP contribution is -2.30. The Morgan fingerprint density at radius 1 is 1.24 bits per heavy atom. The van der Waals surface area contributed by atoms with Crippen molar-refractivity contribution >= 4 is 5.65 Å². The van der Waals surface area contributed by atoms with Gasteiger partial charge in [0.15, 0.2) is 0 Å². The van der Waals surface area contributed by atoms with Crippen molar-refractivity contribution in [1.82, 2.24) is 29.7 Å². The molecule has 0 unspecified atom stereocenters. The number of pyridine rings is 1. The van der Waals surface area contributed by atoms with Crippen LogP contribution in [0.5, 0.6) is 5.88 Å². The first-order chi connectivity index (χ1) is 16.1. The molecule has 168 valence electrons. The van der Waals surface area contributed by atoms with E-state index in [4.69, 9.17) is 4.74 Å². The predicted octanol–water partition coefficient (Wildman–Crippen LogP) is 3.98. The third kappa shape index (κ3) is 3.83. The van der Waals surface area contributed by atoms with Gasteiger partial charge in [-0.3, -0.25) is 4.40 Å². The van der Waals surface area contributed by atoms with E-state index in [1.165, 1.54) is 12.3 Å². The van der Waals surface area contributed by atoms with Gasteiger partial charge in [-0.25, -0.2) is 14.1 Å². The number of aromatic nitrogens is 5. The van der Waals surface area contributed by atoms with E-state index in [2.05, 4.69) is 26.7 Å². The molecule has 1 aliphatic rings. The number of fused-ring (bicyclic) bond motifs is 1. The third-order valence-electron chi connectivity index (χ3n) is 6.18. The van der Waals surface area contributed by atoms with Gasteiger partial charge in [-0.2, -0.15) is 5.26 Å². The van der Waals surface area contributed by atoms with Crippen molar-refractivity contribution in [3.63, 3.8) is 0 Å². The van der Waals surface area contributed by atoms with E-state index >= 15 is 0 Å². The maximum atomic E-state index is 14.3. The maximum Gasteiger partial charge on any atom is 0.201 e. The zero-order chi connectivity index (χ0) is 22.9. The lowest BCUT2D eigenvalue weighted by molar-refractivity contribution is 0.209. The Morgan fingerprint density at radius 3 is 2.79 bits per heavy atom. The van der Waals surface area contributed by atoms with Crippen LogP contribution in [0.3, 0.4) is 0 Å². The minimum atomic E-state index is -0.579. The van der Waals surface area contributed by atoms with E-state index in [1.54, 1.807) is 29.5 Å². The van der Waals surface area contributed by atoms with Gasteiger partial charge >= 0.3 is 0 Å². The van der Waals surface area contributed by atoms with E-state index in [-0.39, 0.29) is 5.82 Å². The summed E-state index contributed by atoms with van der Waals surface area (Å²) in [5.74, 6) is 0.0485. The molecule has 9 heteroatoms. The van der Waals surface area contributed by atoms with Gasteiger partial charge in [0.25, 0.3) is 0 Å². The van der Waals surface area contributed by atoms with Crippen LogP contribution in [0, 0.1) is 24.1 Å². The Kier molecular flexibility index (Phi) is 5.52. The Morgan fingerprint density at radius 2 is 2.03 bits per heavy atom. The van der Waals surface area contributed by atoms with Crippen LogP contribution < -0.4 is 10.1 Å². The van der Waals surface area contributed by atoms with Gasteiger partial charge in [0.05, 0.1) is 17.9 Å².